The van der Waals surface area contributed by atoms with Crippen LogP contribution >= 0.6 is 0 Å². The molecule has 1 N–H and O–H groups in total. The molecule has 9 heteroatoms. The van der Waals surface area contributed by atoms with Crippen molar-refractivity contribution in [2.45, 2.75) is 44.6 Å². The zero-order chi connectivity index (χ0) is 24.0. The van der Waals surface area contributed by atoms with Gasteiger partial charge >= 0.3 is 0 Å². The summed E-state index contributed by atoms with van der Waals surface area (Å²) in [5.41, 5.74) is 1.67. The first-order valence-corrected chi connectivity index (χ1v) is 12.6. The number of ether oxygens (including phenoxy) is 1. The summed E-state index contributed by atoms with van der Waals surface area (Å²) in [5.74, 6) is 0.00419. The van der Waals surface area contributed by atoms with Crippen LogP contribution in [0.25, 0.3) is 0 Å². The van der Waals surface area contributed by atoms with Crippen LogP contribution in [0.4, 0.5) is 11.4 Å². The second-order valence-electron chi connectivity index (χ2n) is 7.85. The Hall–Kier alpha value is -3.09. The van der Waals surface area contributed by atoms with E-state index in [1.54, 1.807) is 57.2 Å². The molecule has 0 aromatic heterocycles. The van der Waals surface area contributed by atoms with Gasteiger partial charge in [0, 0.05) is 26.2 Å². The minimum atomic E-state index is -3.67. The molecule has 1 aliphatic heterocycles. The van der Waals surface area contributed by atoms with E-state index in [1.165, 1.54) is 10.4 Å². The lowest BCUT2D eigenvalue weighted by atomic mass is 10.2. The Kier molecular flexibility index (Phi) is 7.95. The molecule has 0 bridgehead atoms. The molecule has 0 radical (unpaired) electrons. The van der Waals surface area contributed by atoms with Crippen LogP contribution in [0.1, 0.15) is 39.2 Å². The van der Waals surface area contributed by atoms with Gasteiger partial charge in [0.25, 0.3) is 5.91 Å². The third-order valence-electron chi connectivity index (χ3n) is 5.66. The summed E-state index contributed by atoms with van der Waals surface area (Å²) >= 11 is 0. The average Bonchev–Trinajstić information content (AvgIpc) is 3.34. The van der Waals surface area contributed by atoms with Crippen molar-refractivity contribution in [2.24, 2.45) is 0 Å². The fourth-order valence-electron chi connectivity index (χ4n) is 3.85. The Labute approximate surface area is 195 Å². The van der Waals surface area contributed by atoms with E-state index in [1.807, 2.05) is 6.07 Å². The summed E-state index contributed by atoms with van der Waals surface area (Å²) in [4.78, 5) is 15.2. The van der Waals surface area contributed by atoms with Crippen LogP contribution in [0.3, 0.4) is 0 Å². The zero-order valence-corrected chi connectivity index (χ0v) is 20.1. The van der Waals surface area contributed by atoms with E-state index >= 15 is 0 Å². The number of nitriles is 1. The molecule has 3 rings (SSSR count). The van der Waals surface area contributed by atoms with Gasteiger partial charge in [-0.25, -0.2) is 8.42 Å². The molecule has 1 unspecified atom stereocenters. The van der Waals surface area contributed by atoms with Gasteiger partial charge in [0.15, 0.2) is 6.10 Å². The number of hydrogen-bond acceptors (Lipinski definition) is 6. The minimum Gasteiger partial charge on any atom is -0.481 e. The lowest BCUT2D eigenvalue weighted by molar-refractivity contribution is -0.122. The quantitative estimate of drug-likeness (QED) is 0.601. The standard InChI is InChI=1S/C24H30N4O4S/c1-4-28(5-2)33(30,31)21-11-12-23(27-13-6-7-14-27)22(16-21)26-24(29)18(3)32-20-10-8-9-19(15-20)17-25/h8-12,15-16,18H,4-7,13-14H2,1-3H3,(H,26,29). The highest BCUT2D eigenvalue weighted by Crippen LogP contribution is 2.32. The monoisotopic (exact) mass is 470 g/mol. The maximum Gasteiger partial charge on any atom is 0.265 e. The summed E-state index contributed by atoms with van der Waals surface area (Å²) in [5, 5.41) is 11.9. The van der Waals surface area contributed by atoms with E-state index in [4.69, 9.17) is 10.00 Å². The predicted octanol–water partition coefficient (Wildman–Crippen LogP) is 3.59. The molecular formula is C24H30N4O4S. The van der Waals surface area contributed by atoms with Gasteiger partial charge in [-0.05, 0) is 56.2 Å². The Morgan fingerprint density at radius 2 is 1.88 bits per heavy atom. The van der Waals surface area contributed by atoms with Crippen molar-refractivity contribution in [3.05, 3.63) is 48.0 Å². The summed E-state index contributed by atoms with van der Waals surface area (Å²) in [7, 11) is -3.67. The molecule has 176 valence electrons. The van der Waals surface area contributed by atoms with E-state index in [-0.39, 0.29) is 4.90 Å². The maximum atomic E-state index is 13.0. The van der Waals surface area contributed by atoms with Crippen LogP contribution in [-0.4, -0.2) is 50.9 Å². The van der Waals surface area contributed by atoms with Gasteiger partial charge in [-0.2, -0.15) is 9.57 Å². The summed E-state index contributed by atoms with van der Waals surface area (Å²) < 4.78 is 33.2. The van der Waals surface area contributed by atoms with E-state index in [0.29, 0.717) is 30.1 Å². The number of nitrogens with one attached hydrogen (secondary N) is 1. The molecule has 2 aromatic carbocycles. The molecule has 1 atom stereocenters. The summed E-state index contributed by atoms with van der Waals surface area (Å²) in [6.07, 6.45) is 1.23. The van der Waals surface area contributed by atoms with Gasteiger partial charge in [-0.15, -0.1) is 0 Å². The second-order valence-corrected chi connectivity index (χ2v) is 9.79. The number of benzene rings is 2. The first-order valence-electron chi connectivity index (χ1n) is 11.2. The Morgan fingerprint density at radius 3 is 2.52 bits per heavy atom. The van der Waals surface area contributed by atoms with Crippen molar-refractivity contribution >= 4 is 27.3 Å². The summed E-state index contributed by atoms with van der Waals surface area (Å²) in [6.45, 7) is 7.61. The molecular weight excluding hydrogens is 440 g/mol. The van der Waals surface area contributed by atoms with Gasteiger partial charge in [0.05, 0.1) is 27.9 Å². The average molecular weight is 471 g/mol. The third kappa shape index (κ3) is 5.64. The molecule has 8 nitrogen and oxygen atoms in total. The number of sulfonamides is 1. The van der Waals surface area contributed by atoms with E-state index < -0.39 is 22.0 Å². The Morgan fingerprint density at radius 1 is 1.18 bits per heavy atom. The normalized spacial score (nSPS) is 14.7. The van der Waals surface area contributed by atoms with Crippen molar-refractivity contribution in [3.8, 4) is 11.8 Å². The Balaban J connectivity index is 1.88. The Bertz CT molecular complexity index is 1130. The lowest BCUT2D eigenvalue weighted by Gasteiger charge is -2.25. The molecule has 0 spiro atoms. The number of carbonyl (C=O) groups excluding carboxylic acids is 1. The first kappa shape index (κ1) is 24.6. The number of nitrogens with zero attached hydrogens (tertiary/aromatic N) is 3. The van der Waals surface area contributed by atoms with Gasteiger partial charge in [0.1, 0.15) is 5.75 Å². The van der Waals surface area contributed by atoms with E-state index in [9.17, 15) is 13.2 Å². The predicted molar refractivity (Wildman–Crippen MR) is 128 cm³/mol. The molecule has 0 aliphatic carbocycles. The highest BCUT2D eigenvalue weighted by Gasteiger charge is 2.26. The molecule has 1 aliphatic rings. The van der Waals surface area contributed by atoms with Crippen molar-refractivity contribution in [2.75, 3.05) is 36.4 Å². The maximum absolute atomic E-state index is 13.0. The van der Waals surface area contributed by atoms with Crippen LogP contribution in [-0.2, 0) is 14.8 Å². The lowest BCUT2D eigenvalue weighted by Crippen LogP contribution is -2.32. The fourth-order valence-corrected chi connectivity index (χ4v) is 5.34. The molecule has 1 heterocycles. The highest BCUT2D eigenvalue weighted by atomic mass is 32.2. The SMILES string of the molecule is CCN(CC)S(=O)(=O)c1ccc(N2CCCC2)c(NC(=O)C(C)Oc2cccc(C#N)c2)c1. The smallest absolute Gasteiger partial charge is 0.265 e. The first-order chi connectivity index (χ1) is 15.8. The molecule has 1 amide bonds. The van der Waals surface area contributed by atoms with Gasteiger partial charge in [-0.1, -0.05) is 19.9 Å². The van der Waals surface area contributed by atoms with Crippen molar-refractivity contribution in [1.29, 1.82) is 5.26 Å². The van der Waals surface area contributed by atoms with Crippen LogP contribution in [0.15, 0.2) is 47.4 Å². The number of rotatable bonds is 9. The topological polar surface area (TPSA) is 103 Å². The minimum absolute atomic E-state index is 0.139. The van der Waals surface area contributed by atoms with Crippen molar-refractivity contribution in [3.63, 3.8) is 0 Å². The number of carbonyl (C=O) groups is 1. The largest absolute Gasteiger partial charge is 0.481 e. The number of amides is 1. The second kappa shape index (κ2) is 10.7. The van der Waals surface area contributed by atoms with Crippen molar-refractivity contribution in [1.82, 2.24) is 4.31 Å². The third-order valence-corrected chi connectivity index (χ3v) is 7.71. The van der Waals surface area contributed by atoms with Gasteiger partial charge in [0.2, 0.25) is 10.0 Å². The van der Waals surface area contributed by atoms with Crippen LogP contribution < -0.4 is 15.0 Å². The highest BCUT2D eigenvalue weighted by molar-refractivity contribution is 7.89. The molecule has 1 fully saturated rings. The summed E-state index contributed by atoms with van der Waals surface area (Å²) in [6, 6.07) is 13.5. The van der Waals surface area contributed by atoms with Crippen molar-refractivity contribution < 1.29 is 17.9 Å². The molecule has 1 saturated heterocycles. The van der Waals surface area contributed by atoms with Crippen LogP contribution in [0.5, 0.6) is 5.75 Å². The van der Waals surface area contributed by atoms with Crippen LogP contribution in [0, 0.1) is 11.3 Å². The van der Waals surface area contributed by atoms with E-state index in [0.717, 1.165) is 31.6 Å². The van der Waals surface area contributed by atoms with Gasteiger partial charge < -0.3 is 15.0 Å². The molecule has 2 aromatic rings. The zero-order valence-electron chi connectivity index (χ0n) is 19.2. The fraction of sp³-hybridized carbons (Fsp3) is 0.417. The van der Waals surface area contributed by atoms with E-state index in [2.05, 4.69) is 10.2 Å². The molecule has 0 saturated carbocycles. The van der Waals surface area contributed by atoms with Gasteiger partial charge in [-0.3, -0.25) is 4.79 Å². The van der Waals surface area contributed by atoms with Crippen LogP contribution in [0.2, 0.25) is 0 Å². The number of hydrogen-bond donors (Lipinski definition) is 1. The number of anilines is 2. The molecule has 33 heavy (non-hydrogen) atoms.